The molecular formula is C83H93BN4. The second-order valence-electron chi connectivity index (χ2n) is 32.9. The van der Waals surface area contributed by atoms with Crippen LogP contribution in [0, 0.1) is 0 Å². The number of rotatable bonds is 6. The molecule has 3 aliphatic heterocycles. The Kier molecular flexibility index (Phi) is 11.9. The van der Waals surface area contributed by atoms with Crippen molar-refractivity contribution in [2.24, 2.45) is 0 Å². The molecule has 2 saturated carbocycles. The molecule has 5 aliphatic carbocycles. The van der Waals surface area contributed by atoms with Crippen LogP contribution >= 0.6 is 0 Å². The van der Waals surface area contributed by atoms with Gasteiger partial charge in [-0.2, -0.15) is 0 Å². The molecule has 1 N–H and O–H groups in total. The average molecular weight is 1160 g/mol. The maximum atomic E-state index is 4.58. The van der Waals surface area contributed by atoms with Crippen molar-refractivity contribution in [3.8, 4) is 11.1 Å². The zero-order valence-corrected chi connectivity index (χ0v) is 55.4. The third kappa shape index (κ3) is 7.57. The summed E-state index contributed by atoms with van der Waals surface area (Å²) in [6, 6.07) is 63.8. The smallest absolute Gasteiger partial charge is 0.252 e. The minimum Gasteiger partial charge on any atom is -0.379 e. The van der Waals surface area contributed by atoms with Gasteiger partial charge in [0.25, 0.3) is 6.71 Å². The molecule has 0 aromatic heterocycles. The van der Waals surface area contributed by atoms with Crippen molar-refractivity contribution in [1.82, 2.24) is 0 Å². The van der Waals surface area contributed by atoms with E-state index in [-0.39, 0.29) is 55.7 Å². The van der Waals surface area contributed by atoms with E-state index in [9.17, 15) is 0 Å². The minimum absolute atomic E-state index is 0.00338. The second-order valence-corrected chi connectivity index (χ2v) is 32.9. The topological polar surface area (TPSA) is 21.8 Å². The lowest BCUT2D eigenvalue weighted by atomic mass is 9.33. The van der Waals surface area contributed by atoms with E-state index in [0.717, 1.165) is 38.5 Å². The van der Waals surface area contributed by atoms with Crippen LogP contribution < -0.4 is 36.4 Å². The van der Waals surface area contributed by atoms with Crippen molar-refractivity contribution in [2.75, 3.05) is 20.0 Å². The van der Waals surface area contributed by atoms with Gasteiger partial charge in [0.05, 0.1) is 11.2 Å². The van der Waals surface area contributed by atoms with Crippen molar-refractivity contribution in [1.29, 1.82) is 0 Å². The van der Waals surface area contributed by atoms with E-state index in [1.54, 1.807) is 0 Å². The summed E-state index contributed by atoms with van der Waals surface area (Å²) < 4.78 is 0. The predicted molar refractivity (Wildman–Crippen MR) is 376 cm³/mol. The Morgan fingerprint density at radius 1 is 0.364 bits per heavy atom. The number of benzene rings is 8. The van der Waals surface area contributed by atoms with Crippen LogP contribution in [-0.4, -0.2) is 17.8 Å². The van der Waals surface area contributed by atoms with Gasteiger partial charge in [-0.15, -0.1) is 0 Å². The van der Waals surface area contributed by atoms with Gasteiger partial charge in [0, 0.05) is 72.8 Å². The number of hydrogen-bond acceptors (Lipinski definition) is 4. The van der Waals surface area contributed by atoms with Crippen LogP contribution in [0.15, 0.2) is 158 Å². The monoisotopic (exact) mass is 1160 g/mol. The first-order chi connectivity index (χ1) is 41.8. The van der Waals surface area contributed by atoms with E-state index in [0.29, 0.717) is 0 Å². The Morgan fingerprint density at radius 2 is 0.920 bits per heavy atom. The molecule has 0 bridgehead atoms. The lowest BCUT2D eigenvalue weighted by Crippen LogP contribution is -2.62. The van der Waals surface area contributed by atoms with Crippen LogP contribution in [0.25, 0.3) is 11.1 Å². The van der Waals surface area contributed by atoms with Crippen molar-refractivity contribution in [2.45, 2.75) is 223 Å². The average Bonchev–Trinajstić information content (AvgIpc) is 1.06. The zero-order chi connectivity index (χ0) is 61.1. The highest BCUT2D eigenvalue weighted by atomic mass is 15.3. The van der Waals surface area contributed by atoms with Crippen molar-refractivity contribution < 1.29 is 0 Å². The maximum Gasteiger partial charge on any atom is 0.252 e. The molecule has 2 fully saturated rings. The van der Waals surface area contributed by atoms with E-state index in [1.807, 2.05) is 0 Å². The molecule has 0 saturated heterocycles. The molecular weight excluding hydrogens is 1060 g/mol. The maximum absolute atomic E-state index is 4.58. The Labute approximate surface area is 527 Å². The van der Waals surface area contributed by atoms with E-state index < -0.39 is 0 Å². The first kappa shape index (κ1) is 56.3. The Hall–Kier alpha value is -6.98. The summed E-state index contributed by atoms with van der Waals surface area (Å²) in [5, 5.41) is 4.58. The number of hydrogen-bond donors (Lipinski definition) is 1. The fourth-order valence-corrected chi connectivity index (χ4v) is 19.8. The number of nitrogens with one attached hydrogen (secondary N) is 1. The molecule has 3 heterocycles. The molecule has 16 rings (SSSR count). The Bertz CT molecular complexity index is 4240. The first-order valence-corrected chi connectivity index (χ1v) is 34.1. The van der Waals surface area contributed by atoms with Crippen LogP contribution in [-0.2, 0) is 37.9 Å². The van der Waals surface area contributed by atoms with E-state index in [2.05, 4.69) is 275 Å². The van der Waals surface area contributed by atoms with Gasteiger partial charge in [-0.05, 0) is 208 Å². The quantitative estimate of drug-likeness (QED) is 0.168. The highest BCUT2D eigenvalue weighted by Gasteiger charge is 2.58. The fourth-order valence-electron chi connectivity index (χ4n) is 19.8. The summed E-state index contributed by atoms with van der Waals surface area (Å²) in [5.74, 6) is 0. The zero-order valence-electron chi connectivity index (χ0n) is 55.4. The highest BCUT2D eigenvalue weighted by Crippen LogP contribution is 2.63. The normalized spacial score (nSPS) is 26.5. The van der Waals surface area contributed by atoms with Crippen LogP contribution in [0.5, 0.6) is 0 Å². The van der Waals surface area contributed by atoms with E-state index >= 15 is 0 Å². The van der Waals surface area contributed by atoms with Crippen LogP contribution in [0.1, 0.15) is 218 Å². The lowest BCUT2D eigenvalue weighted by molar-refractivity contribution is 0.195. The molecule has 4 unspecified atom stereocenters. The summed E-state index contributed by atoms with van der Waals surface area (Å²) in [7, 11) is 0. The molecule has 8 aromatic rings. The summed E-state index contributed by atoms with van der Waals surface area (Å²) >= 11 is 0. The first-order valence-electron chi connectivity index (χ1n) is 34.1. The predicted octanol–water partition coefficient (Wildman–Crippen LogP) is 20.2. The molecule has 4 nitrogen and oxygen atoms in total. The molecule has 0 amide bonds. The lowest BCUT2D eigenvalue weighted by Gasteiger charge is -2.52. The van der Waals surface area contributed by atoms with E-state index in [4.69, 9.17) is 0 Å². The highest BCUT2D eigenvalue weighted by molar-refractivity contribution is 7.00. The number of nitrogens with zero attached hydrogens (tertiary/aromatic N) is 3. The van der Waals surface area contributed by atoms with Gasteiger partial charge in [0.15, 0.2) is 0 Å². The summed E-state index contributed by atoms with van der Waals surface area (Å²) in [5.41, 5.74) is 29.6. The number of anilines is 9. The van der Waals surface area contributed by atoms with Gasteiger partial charge in [-0.25, -0.2) is 0 Å². The van der Waals surface area contributed by atoms with E-state index in [1.165, 1.54) is 162 Å². The second kappa shape index (κ2) is 18.6. The van der Waals surface area contributed by atoms with Gasteiger partial charge in [-0.3, -0.25) is 0 Å². The SMILES string of the molecule is CC1(C)CCC(C)(C)c2cc(N3c4cc5c(cc4B4c6ccc(N7c8ccccc8C8(C)CCCCC78C)cc6N(c6cccc7c6-c6ccccc6C7(C)C)c6cc(NC7(C)CCCCC7(C)c7ccccc7)cc3c64)C(C)(C)CCC5(C)C)ccc21. The molecule has 8 aliphatic rings. The molecule has 8 aromatic carbocycles. The molecule has 448 valence electrons. The van der Waals surface area contributed by atoms with Gasteiger partial charge >= 0.3 is 0 Å². The Balaban J connectivity index is 1.04. The molecule has 5 heteroatoms. The van der Waals surface area contributed by atoms with Gasteiger partial charge < -0.3 is 20.0 Å². The summed E-state index contributed by atoms with van der Waals surface area (Å²) in [4.78, 5) is 8.40. The largest absolute Gasteiger partial charge is 0.379 e. The molecule has 88 heavy (non-hydrogen) atoms. The number of fused-ring (bicyclic) bond motifs is 12. The van der Waals surface area contributed by atoms with Crippen molar-refractivity contribution >= 4 is 74.3 Å². The summed E-state index contributed by atoms with van der Waals surface area (Å²) in [6.45, 7) is 35.2. The third-order valence-electron chi connectivity index (χ3n) is 25.9. The van der Waals surface area contributed by atoms with Gasteiger partial charge in [0.1, 0.15) is 0 Å². The third-order valence-corrected chi connectivity index (χ3v) is 25.9. The fraction of sp³-hybridized carbons (Fsp3) is 0.422. The van der Waals surface area contributed by atoms with Crippen molar-refractivity contribution in [3.05, 3.63) is 202 Å². The molecule has 4 atom stereocenters. The van der Waals surface area contributed by atoms with Crippen molar-refractivity contribution in [3.63, 3.8) is 0 Å². The standard InChI is InChI=1S/C83H93BN4/c1-75(2)43-44-76(3,4)62-49-55(35-37-59(62)75)86-70-52-64-63(77(5,6)45-46-78(64,7)8)51-66(70)84-65-38-36-56(88-67-33-21-20-31-60(67)81(12)40-23-25-42-83(81,88)14)50-69(65)87(68-34-26-32-61-73(68)57-29-18-19-30-58(57)79(61,9)10)72-48-54(47-71(86)74(72)84)85-82(13)41-24-22-39-80(82,11)53-27-16-15-17-28-53/h15-21,26-38,47-52,85H,22-25,39-46H2,1-14H3. The van der Waals surface area contributed by atoms with Crippen LogP contribution in [0.3, 0.4) is 0 Å². The summed E-state index contributed by atoms with van der Waals surface area (Å²) in [6.07, 6.45) is 14.1. The van der Waals surface area contributed by atoms with Crippen LogP contribution in [0.4, 0.5) is 51.2 Å². The molecule has 0 radical (unpaired) electrons. The van der Waals surface area contributed by atoms with Crippen LogP contribution in [0.2, 0.25) is 0 Å². The number of para-hydroxylation sites is 1. The van der Waals surface area contributed by atoms with Gasteiger partial charge in [0.2, 0.25) is 0 Å². The molecule has 0 spiro atoms. The van der Waals surface area contributed by atoms with Gasteiger partial charge in [-0.1, -0.05) is 212 Å². The minimum atomic E-state index is -0.257. The Morgan fingerprint density at radius 3 is 1.65 bits per heavy atom.